The Labute approximate surface area is 200 Å². The zero-order chi connectivity index (χ0) is 24.8. The number of esters is 1. The molecule has 0 radical (unpaired) electrons. The fourth-order valence-corrected chi connectivity index (χ4v) is 3.41. The molecule has 0 bridgehead atoms. The van der Waals surface area contributed by atoms with Gasteiger partial charge in [0, 0.05) is 18.1 Å². The standard InChI is InChI=1S/C25H21N5O5/c1-16-17(2)30(14-19-7-5-11-33-19)23(21(16)12-26)29-22(31)15-34-25(32)20-8-4-10-28-24(20)35-18-6-3-9-27-13-18/h3-11,13H,14-15H2,1-2H3,(H,29,31). The van der Waals surface area contributed by atoms with Gasteiger partial charge < -0.3 is 23.8 Å². The number of amides is 1. The van der Waals surface area contributed by atoms with Crippen molar-refractivity contribution in [3.8, 4) is 17.7 Å². The van der Waals surface area contributed by atoms with Gasteiger partial charge in [-0.15, -0.1) is 0 Å². The number of ether oxygens (including phenoxy) is 2. The average molecular weight is 471 g/mol. The summed E-state index contributed by atoms with van der Waals surface area (Å²) < 4.78 is 18.0. The van der Waals surface area contributed by atoms with Gasteiger partial charge in [-0.3, -0.25) is 9.78 Å². The van der Waals surface area contributed by atoms with Crippen molar-refractivity contribution >= 4 is 17.7 Å². The van der Waals surface area contributed by atoms with Crippen LogP contribution in [0, 0.1) is 25.2 Å². The highest BCUT2D eigenvalue weighted by Crippen LogP contribution is 2.27. The van der Waals surface area contributed by atoms with Gasteiger partial charge in [0.25, 0.3) is 5.91 Å². The van der Waals surface area contributed by atoms with Crippen LogP contribution in [0.3, 0.4) is 0 Å². The molecular formula is C25H21N5O5. The lowest BCUT2D eigenvalue weighted by molar-refractivity contribution is -0.119. The van der Waals surface area contributed by atoms with Crippen LogP contribution in [-0.2, 0) is 16.1 Å². The van der Waals surface area contributed by atoms with Gasteiger partial charge in [0.05, 0.1) is 24.6 Å². The molecule has 0 spiro atoms. The number of pyridine rings is 2. The number of aromatic nitrogens is 3. The predicted molar refractivity (Wildman–Crippen MR) is 124 cm³/mol. The van der Waals surface area contributed by atoms with Gasteiger partial charge >= 0.3 is 5.97 Å². The normalized spacial score (nSPS) is 10.4. The maximum atomic E-state index is 12.7. The largest absolute Gasteiger partial charge is 0.467 e. The third-order valence-electron chi connectivity index (χ3n) is 5.27. The molecular weight excluding hydrogens is 450 g/mol. The summed E-state index contributed by atoms with van der Waals surface area (Å²) >= 11 is 0. The molecule has 1 amide bonds. The number of carbonyl (C=O) groups excluding carboxylic acids is 2. The molecule has 176 valence electrons. The van der Waals surface area contributed by atoms with E-state index in [9.17, 15) is 14.9 Å². The van der Waals surface area contributed by atoms with E-state index in [-0.39, 0.29) is 11.4 Å². The summed E-state index contributed by atoms with van der Waals surface area (Å²) in [5, 5.41) is 12.3. The summed E-state index contributed by atoms with van der Waals surface area (Å²) in [4.78, 5) is 33.4. The molecule has 0 aliphatic heterocycles. The lowest BCUT2D eigenvalue weighted by Crippen LogP contribution is -2.23. The first-order valence-electron chi connectivity index (χ1n) is 10.6. The average Bonchev–Trinajstić information content (AvgIpc) is 3.46. The minimum atomic E-state index is -0.786. The van der Waals surface area contributed by atoms with Crippen LogP contribution in [-0.4, -0.2) is 33.0 Å². The molecule has 4 aromatic heterocycles. The Morgan fingerprint density at radius 2 is 2.00 bits per heavy atom. The topological polar surface area (TPSA) is 132 Å². The Morgan fingerprint density at radius 1 is 1.17 bits per heavy atom. The van der Waals surface area contributed by atoms with Crippen molar-refractivity contribution in [2.45, 2.75) is 20.4 Å². The summed E-state index contributed by atoms with van der Waals surface area (Å²) in [6.07, 6.45) is 6.09. The minimum absolute atomic E-state index is 0.0243. The maximum Gasteiger partial charge on any atom is 0.344 e. The molecule has 4 aromatic rings. The highest BCUT2D eigenvalue weighted by Gasteiger charge is 2.22. The second-order valence-electron chi connectivity index (χ2n) is 7.48. The number of hydrogen-bond acceptors (Lipinski definition) is 8. The Balaban J connectivity index is 1.46. The van der Waals surface area contributed by atoms with Gasteiger partial charge in [0.2, 0.25) is 5.88 Å². The van der Waals surface area contributed by atoms with E-state index in [0.29, 0.717) is 29.4 Å². The number of rotatable bonds is 8. The lowest BCUT2D eigenvalue weighted by Gasteiger charge is -2.13. The molecule has 10 nitrogen and oxygen atoms in total. The van der Waals surface area contributed by atoms with Crippen LogP contribution in [0.25, 0.3) is 0 Å². The van der Waals surface area contributed by atoms with Crippen LogP contribution >= 0.6 is 0 Å². The fraction of sp³-hybridized carbons (Fsp3) is 0.160. The number of furan rings is 1. The van der Waals surface area contributed by atoms with E-state index < -0.39 is 18.5 Å². The molecule has 35 heavy (non-hydrogen) atoms. The summed E-state index contributed by atoms with van der Waals surface area (Å²) in [5.41, 5.74) is 1.92. The molecule has 4 rings (SSSR count). The van der Waals surface area contributed by atoms with E-state index in [4.69, 9.17) is 13.9 Å². The number of carbonyl (C=O) groups is 2. The third kappa shape index (κ3) is 5.20. The quantitative estimate of drug-likeness (QED) is 0.381. The van der Waals surface area contributed by atoms with Crippen molar-refractivity contribution in [2.75, 3.05) is 11.9 Å². The zero-order valence-electron chi connectivity index (χ0n) is 19.0. The van der Waals surface area contributed by atoms with Crippen LogP contribution in [0.1, 0.15) is 32.9 Å². The molecule has 4 heterocycles. The molecule has 0 aromatic carbocycles. The van der Waals surface area contributed by atoms with E-state index in [1.165, 1.54) is 18.5 Å². The van der Waals surface area contributed by atoms with E-state index in [1.807, 2.05) is 6.92 Å². The highest BCUT2D eigenvalue weighted by molar-refractivity contribution is 5.97. The van der Waals surface area contributed by atoms with Crippen molar-refractivity contribution in [1.29, 1.82) is 5.26 Å². The molecule has 0 unspecified atom stereocenters. The number of nitrogens with one attached hydrogen (secondary N) is 1. The van der Waals surface area contributed by atoms with Crippen LogP contribution in [0.4, 0.5) is 5.82 Å². The Morgan fingerprint density at radius 3 is 2.71 bits per heavy atom. The van der Waals surface area contributed by atoms with Crippen molar-refractivity contribution < 1.29 is 23.5 Å². The first kappa shape index (κ1) is 23.3. The van der Waals surface area contributed by atoms with Crippen molar-refractivity contribution in [3.63, 3.8) is 0 Å². The summed E-state index contributed by atoms with van der Waals surface area (Å²) in [6, 6.07) is 12.1. The molecule has 0 aliphatic carbocycles. The number of anilines is 1. The van der Waals surface area contributed by atoms with Crippen LogP contribution in [0.15, 0.2) is 65.7 Å². The van der Waals surface area contributed by atoms with Gasteiger partial charge in [-0.05, 0) is 55.8 Å². The van der Waals surface area contributed by atoms with Gasteiger partial charge in [-0.2, -0.15) is 5.26 Å². The Kier molecular flexibility index (Phi) is 6.88. The van der Waals surface area contributed by atoms with Gasteiger partial charge in [0.15, 0.2) is 6.61 Å². The second-order valence-corrected chi connectivity index (χ2v) is 7.48. The molecule has 0 atom stereocenters. The number of hydrogen-bond donors (Lipinski definition) is 1. The van der Waals surface area contributed by atoms with Crippen molar-refractivity contribution in [2.24, 2.45) is 0 Å². The van der Waals surface area contributed by atoms with Crippen molar-refractivity contribution in [1.82, 2.24) is 14.5 Å². The molecule has 10 heteroatoms. The highest BCUT2D eigenvalue weighted by atomic mass is 16.5. The van der Waals surface area contributed by atoms with Gasteiger partial charge in [-0.25, -0.2) is 9.78 Å². The molecule has 0 saturated heterocycles. The van der Waals surface area contributed by atoms with E-state index in [0.717, 1.165) is 11.3 Å². The summed E-state index contributed by atoms with van der Waals surface area (Å²) in [5.74, 6) is -0.00635. The summed E-state index contributed by atoms with van der Waals surface area (Å²) in [7, 11) is 0. The number of nitrogens with zero attached hydrogens (tertiary/aromatic N) is 4. The SMILES string of the molecule is Cc1c(C#N)c(NC(=O)COC(=O)c2cccnc2Oc2cccnc2)n(Cc2ccco2)c1C. The van der Waals surface area contributed by atoms with Crippen LogP contribution < -0.4 is 10.1 Å². The first-order chi connectivity index (χ1) is 17.0. The van der Waals surface area contributed by atoms with E-state index >= 15 is 0 Å². The zero-order valence-corrected chi connectivity index (χ0v) is 19.0. The molecule has 0 aliphatic rings. The Hall–Kier alpha value is -4.91. The van der Waals surface area contributed by atoms with Crippen molar-refractivity contribution in [3.05, 3.63) is 89.4 Å². The van der Waals surface area contributed by atoms with Crippen LogP contribution in [0.2, 0.25) is 0 Å². The molecule has 0 fully saturated rings. The van der Waals surface area contributed by atoms with Gasteiger partial charge in [-0.1, -0.05) is 0 Å². The van der Waals surface area contributed by atoms with E-state index in [2.05, 4.69) is 21.4 Å². The monoisotopic (exact) mass is 471 g/mol. The molecule has 0 saturated carbocycles. The smallest absolute Gasteiger partial charge is 0.344 e. The fourth-order valence-electron chi connectivity index (χ4n) is 3.41. The third-order valence-corrected chi connectivity index (χ3v) is 5.27. The second kappa shape index (κ2) is 10.4. The minimum Gasteiger partial charge on any atom is -0.467 e. The van der Waals surface area contributed by atoms with Crippen LogP contribution in [0.5, 0.6) is 11.6 Å². The predicted octanol–water partition coefficient (Wildman–Crippen LogP) is 4.00. The van der Waals surface area contributed by atoms with Gasteiger partial charge in [0.1, 0.15) is 29.0 Å². The lowest BCUT2D eigenvalue weighted by atomic mass is 10.2. The Bertz CT molecular complexity index is 1390. The first-order valence-corrected chi connectivity index (χ1v) is 10.6. The number of nitriles is 1. The summed E-state index contributed by atoms with van der Waals surface area (Å²) in [6.45, 7) is 3.39. The maximum absolute atomic E-state index is 12.7. The van der Waals surface area contributed by atoms with E-state index in [1.54, 1.807) is 54.3 Å². The molecule has 1 N–H and O–H groups in total.